The van der Waals surface area contributed by atoms with Crippen LogP contribution in [0, 0.1) is 41.4 Å². The van der Waals surface area contributed by atoms with Gasteiger partial charge in [-0.2, -0.15) is 0 Å². The number of allylic oxidation sites excluding steroid dienone is 1. The van der Waals surface area contributed by atoms with Gasteiger partial charge in [0.25, 0.3) is 0 Å². The molecule has 11 fully saturated rings. The number of carbonyl (C=O) groups excluding carboxylic acids is 3. The van der Waals surface area contributed by atoms with Gasteiger partial charge in [-0.3, -0.25) is 9.59 Å². The van der Waals surface area contributed by atoms with E-state index >= 15 is 0 Å². The van der Waals surface area contributed by atoms with Crippen LogP contribution in [0.15, 0.2) is 134 Å². The van der Waals surface area contributed by atoms with Gasteiger partial charge < -0.3 is 79.8 Å². The number of benzene rings is 6. The van der Waals surface area contributed by atoms with Crippen molar-refractivity contribution in [2.75, 3.05) is 146 Å². The Bertz CT molecular complexity index is 4690. The van der Waals surface area contributed by atoms with E-state index < -0.39 is 0 Å². The van der Waals surface area contributed by atoms with Gasteiger partial charge in [-0.05, 0) is 332 Å². The minimum Gasteiger partial charge on any atom is -0.508 e. The van der Waals surface area contributed by atoms with Gasteiger partial charge in [-0.15, -0.1) is 0 Å². The lowest BCUT2D eigenvalue weighted by molar-refractivity contribution is -0.140. The number of fused-ring (bicyclic) bond motifs is 5. The highest BCUT2D eigenvalue weighted by Crippen LogP contribution is 2.60. The smallest absolute Gasteiger partial charge is 0.321 e. The number of nitrogens with one attached hydrogen (secondary N) is 1. The summed E-state index contributed by atoms with van der Waals surface area (Å²) in [6.07, 6.45) is 18.8. The van der Waals surface area contributed by atoms with Crippen molar-refractivity contribution in [1.82, 2.24) is 49.0 Å². The monoisotopic (exact) mass is 1600 g/mol. The number of piperidine rings is 10. The molecule has 10 aliphatic heterocycles. The van der Waals surface area contributed by atoms with Crippen LogP contribution < -0.4 is 5.32 Å². The molecule has 118 heavy (non-hydrogen) atoms. The third kappa shape index (κ3) is 14.1. The largest absolute Gasteiger partial charge is 0.508 e. The van der Waals surface area contributed by atoms with Crippen molar-refractivity contribution in [2.45, 2.75) is 187 Å². The number of carbonyl (C=O) groups is 3. The first-order chi connectivity index (χ1) is 56.7. The van der Waals surface area contributed by atoms with Gasteiger partial charge >= 0.3 is 6.03 Å². The van der Waals surface area contributed by atoms with Crippen LogP contribution in [-0.4, -0.2) is 263 Å². The van der Waals surface area contributed by atoms with Crippen molar-refractivity contribution in [2.24, 2.45) is 41.4 Å². The van der Waals surface area contributed by atoms with E-state index in [0.29, 0.717) is 106 Å². The Hall–Kier alpha value is -8.17. The first kappa shape index (κ1) is 80.9. The average molecular weight is 1600 g/mol. The number of likely N-dealkylation sites (N-methyl/N-ethyl adjacent to an activating group) is 5. The number of likely N-dealkylation sites (tertiary alicyclic amines) is 10. The molecule has 10 bridgehead atoms. The number of phenols is 5. The number of aromatic hydroxyl groups is 5. The molecule has 0 unspecified atom stereocenters. The second kappa shape index (κ2) is 31.4. The van der Waals surface area contributed by atoms with E-state index in [2.05, 4.69) is 148 Å². The van der Waals surface area contributed by atoms with Crippen LogP contribution in [0.5, 0.6) is 28.7 Å². The second-order valence-corrected chi connectivity index (χ2v) is 40.0. The molecule has 10 heterocycles. The van der Waals surface area contributed by atoms with Crippen LogP contribution in [0.3, 0.4) is 0 Å². The fourth-order valence-electron chi connectivity index (χ4n) is 27.1. The molecule has 16 aliphatic rings. The average Bonchev–Trinajstić information content (AvgIpc) is 1.08. The molecule has 19 heteroatoms. The predicted molar refractivity (Wildman–Crippen MR) is 465 cm³/mol. The summed E-state index contributed by atoms with van der Waals surface area (Å²) in [5.41, 5.74) is 17.0. The minimum absolute atomic E-state index is 0.0107. The number of hydrogen-bond acceptors (Lipinski definition) is 15. The Morgan fingerprint density at radius 3 is 1.00 bits per heavy atom. The van der Waals surface area contributed by atoms with Gasteiger partial charge in [0, 0.05) is 163 Å². The molecule has 15 atom stereocenters. The zero-order valence-electron chi connectivity index (χ0n) is 71.7. The number of hydrogen-bond donors (Lipinski definition) is 6. The van der Waals surface area contributed by atoms with Crippen LogP contribution >= 0.6 is 0 Å². The number of nitrogens with zero attached hydrogens (tertiary/aromatic N) is 10. The van der Waals surface area contributed by atoms with Crippen molar-refractivity contribution < 1.29 is 39.9 Å². The van der Waals surface area contributed by atoms with E-state index in [9.17, 15) is 39.9 Å². The number of para-hydroxylation sites is 1. The first-order valence-electron chi connectivity index (χ1n) is 45.1. The highest BCUT2D eigenvalue weighted by molar-refractivity contribution is 5.89. The van der Waals surface area contributed by atoms with E-state index in [0.717, 1.165) is 161 Å². The fraction of sp³-hybridized carbons (Fsp3) is 0.586. The summed E-state index contributed by atoms with van der Waals surface area (Å²) in [4.78, 5) is 61.8. The van der Waals surface area contributed by atoms with Crippen LogP contribution in [0.25, 0.3) is 0 Å². The molecule has 22 rings (SSSR count). The quantitative estimate of drug-likeness (QED) is 0.0974. The van der Waals surface area contributed by atoms with Gasteiger partial charge in [-0.1, -0.05) is 69.0 Å². The Morgan fingerprint density at radius 1 is 0.373 bits per heavy atom. The maximum atomic E-state index is 12.9. The molecule has 10 saturated heterocycles. The molecule has 6 aromatic carbocycles. The summed E-state index contributed by atoms with van der Waals surface area (Å²) in [6, 6.07) is 42.4. The Labute approximate surface area is 701 Å². The standard InChI is InChI=1S/C23H27N3O2.C20H26N2O2.C20H28N2O2.C19H26N2O.C17H24N2O/c1-25-11-9-23-10-12-26(22(28)24-17-5-3-2-4-6-17)15-20(23)21(25)13-16-7-8-18(27)14-19(16)23;1-21-8-6-20-7-9-22(19(24)13-2-3-13)12-17(20)18(21)10-14-4-5-15(23)11-16(14)20;1-13(2)19(24)22-9-7-20-6-8-21(3)18(17(20)12-22)10-14-4-5-15(23)11-16(14)20;1-13(2)21-9-7-19-6-8-20(3)18(17(19)12-21)10-14-4-5-15(22)11-16(14)19;1-18-7-5-17-6-8-19(2)16(15(17)11-18)9-12-3-4-13(20)10-14(12)17/h2-8,14,20-21,27H,9-13,15H2,1H3,(H,24,28);4-5,11,13,17-18,23H,2-3,6-10,12H2,1H3;4-5,11,13,17-18,23H,6-10,12H2,1-3H3;4-5,11,17-18,22H,1,6-10,12H2,2-3H3;3-4,10,15-16,20H,5-9,11H2,1-2H3/t20-,21+,23+;2*17-,18+,20+;17-,18+,19+;15-,16+,17-/m00000/s1. The van der Waals surface area contributed by atoms with Gasteiger partial charge in [0.05, 0.1) is 0 Å². The summed E-state index contributed by atoms with van der Waals surface area (Å²) in [6.45, 7) is 25.5. The maximum Gasteiger partial charge on any atom is 0.321 e. The molecular formula is C99H131N11O8. The minimum atomic E-state index is -0.0107. The van der Waals surface area contributed by atoms with Gasteiger partial charge in [0.2, 0.25) is 11.8 Å². The van der Waals surface area contributed by atoms with E-state index in [4.69, 9.17) is 0 Å². The molecule has 0 aromatic heterocycles. The summed E-state index contributed by atoms with van der Waals surface area (Å²) in [5.74, 6) is 5.77. The second-order valence-electron chi connectivity index (χ2n) is 40.0. The van der Waals surface area contributed by atoms with Crippen LogP contribution in [0.4, 0.5) is 10.5 Å². The summed E-state index contributed by atoms with van der Waals surface area (Å²) < 4.78 is 0. The highest BCUT2D eigenvalue weighted by atomic mass is 16.3. The molecule has 6 N–H and O–H groups in total. The molecule has 1 saturated carbocycles. The number of urea groups is 1. The fourth-order valence-corrected chi connectivity index (χ4v) is 27.1. The first-order valence-corrected chi connectivity index (χ1v) is 45.1. The SMILES string of the molecule is C=C(C)N1CC[C@]23CCN(C)[C@H](Cc4ccc(O)cc42)[C@@H]3C1.CC(C)C(=O)N1CC[C@]23CCN(C)[C@H](Cc4ccc(O)cc42)[C@@H]3C1.CN1CC[C@]23CCN(C(=O)C4CC4)C[C@H]2[C@H]1Cc1ccc(O)cc13.CN1CC[C@]23CCN(C(=O)Nc4ccccc4)C[C@H]2[C@H]1Cc1ccc(O)cc13.CN1CC[C@]23CCN(C)[C@H](Cc4ccc(O)cc42)[C@@H]3C1. The van der Waals surface area contributed by atoms with E-state index in [1.54, 1.807) is 0 Å². The molecule has 630 valence electrons. The van der Waals surface area contributed by atoms with Crippen molar-refractivity contribution >= 4 is 23.5 Å². The summed E-state index contributed by atoms with van der Waals surface area (Å²) in [7, 11) is 13.5. The lowest BCUT2D eigenvalue weighted by Gasteiger charge is -2.60. The molecule has 19 nitrogen and oxygen atoms in total. The van der Waals surface area contributed by atoms with E-state index in [1.807, 2.05) is 97.6 Å². The van der Waals surface area contributed by atoms with Crippen LogP contribution in [0.2, 0.25) is 0 Å². The van der Waals surface area contributed by atoms with Gasteiger partial charge in [-0.25, -0.2) is 4.79 Å². The zero-order valence-corrected chi connectivity index (χ0v) is 71.7. The van der Waals surface area contributed by atoms with E-state index in [1.165, 1.54) is 113 Å². The van der Waals surface area contributed by atoms with Crippen molar-refractivity contribution in [3.63, 3.8) is 0 Å². The topological polar surface area (TPSA) is 197 Å². The Kier molecular flexibility index (Phi) is 21.5. The molecular weight excluding hydrogens is 1470 g/mol. The zero-order chi connectivity index (χ0) is 82.2. The normalized spacial score (nSPS) is 33.3. The van der Waals surface area contributed by atoms with Crippen LogP contribution in [0.1, 0.15) is 153 Å². The number of anilines is 1. The highest BCUT2D eigenvalue weighted by Gasteiger charge is 2.61. The third-order valence-corrected chi connectivity index (χ3v) is 33.9. The Morgan fingerprint density at radius 2 is 0.661 bits per heavy atom. The van der Waals surface area contributed by atoms with Gasteiger partial charge in [0.1, 0.15) is 28.7 Å². The Balaban J connectivity index is 0.000000102. The number of rotatable bonds is 4. The summed E-state index contributed by atoms with van der Waals surface area (Å²) in [5, 5.41) is 53.3. The number of amides is 4. The molecule has 6 aromatic rings. The van der Waals surface area contributed by atoms with Crippen molar-refractivity contribution in [1.29, 1.82) is 0 Å². The van der Waals surface area contributed by atoms with Gasteiger partial charge in [0.15, 0.2) is 0 Å². The molecule has 4 amide bonds. The molecule has 0 radical (unpaired) electrons. The predicted octanol–water partition coefficient (Wildman–Crippen LogP) is 12.6. The lowest BCUT2D eigenvalue weighted by Crippen LogP contribution is -2.65. The summed E-state index contributed by atoms with van der Waals surface area (Å²) >= 11 is 0. The van der Waals surface area contributed by atoms with E-state index in [-0.39, 0.29) is 39.5 Å². The molecule has 6 aliphatic carbocycles. The van der Waals surface area contributed by atoms with Crippen molar-refractivity contribution in [3.05, 3.63) is 189 Å². The van der Waals surface area contributed by atoms with Crippen molar-refractivity contribution in [3.8, 4) is 28.7 Å². The lowest BCUT2D eigenvalue weighted by atomic mass is 9.54. The maximum absolute atomic E-state index is 12.9. The van der Waals surface area contributed by atoms with Crippen LogP contribution in [-0.2, 0) is 68.8 Å². The third-order valence-electron chi connectivity index (χ3n) is 33.9. The molecule has 0 spiro atoms. The number of phenolic OH excluding ortho intramolecular Hbond substituents is 5.